The first-order chi connectivity index (χ1) is 12.7. The van der Waals surface area contributed by atoms with Gasteiger partial charge in [-0.05, 0) is 43.8 Å². The second kappa shape index (κ2) is 9.80. The van der Waals surface area contributed by atoms with E-state index < -0.39 is 0 Å². The van der Waals surface area contributed by atoms with Gasteiger partial charge < -0.3 is 10.6 Å². The molecule has 0 atom stereocenters. The number of thiazole rings is 1. The highest BCUT2D eigenvalue weighted by Gasteiger charge is 2.13. The van der Waals surface area contributed by atoms with Gasteiger partial charge in [-0.3, -0.25) is 14.5 Å². The number of thiophene rings is 1. The van der Waals surface area contributed by atoms with Crippen LogP contribution in [0.5, 0.6) is 0 Å². The minimum Gasteiger partial charge on any atom is -0.352 e. The van der Waals surface area contributed by atoms with Crippen LogP contribution in [0.4, 0.5) is 5.13 Å². The topological polar surface area (TPSA) is 74.3 Å². The zero-order valence-corrected chi connectivity index (χ0v) is 16.3. The molecule has 1 fully saturated rings. The number of nitrogens with zero attached hydrogens (tertiary/aromatic N) is 2. The molecular formula is C18H24N4O2S2. The lowest BCUT2D eigenvalue weighted by Gasteiger charge is -2.25. The summed E-state index contributed by atoms with van der Waals surface area (Å²) < 4.78 is 0. The number of carbonyl (C=O) groups is 2. The van der Waals surface area contributed by atoms with Gasteiger partial charge in [0.15, 0.2) is 5.13 Å². The van der Waals surface area contributed by atoms with Crippen LogP contribution < -0.4 is 10.6 Å². The Labute approximate surface area is 161 Å². The minimum atomic E-state index is -0.0889. The fraction of sp³-hybridized carbons (Fsp3) is 0.500. The highest BCUT2D eigenvalue weighted by molar-refractivity contribution is 7.13. The second-order valence-corrected chi connectivity index (χ2v) is 8.04. The van der Waals surface area contributed by atoms with Crippen molar-refractivity contribution in [3.8, 4) is 0 Å². The molecule has 2 amide bonds. The summed E-state index contributed by atoms with van der Waals surface area (Å²) >= 11 is 2.96. The van der Waals surface area contributed by atoms with E-state index in [1.807, 2.05) is 16.1 Å². The summed E-state index contributed by atoms with van der Waals surface area (Å²) in [7, 11) is 0. The molecule has 140 valence electrons. The number of anilines is 1. The molecule has 1 aliphatic heterocycles. The van der Waals surface area contributed by atoms with E-state index in [-0.39, 0.29) is 11.8 Å². The standard InChI is InChI=1S/C18H24N4O2S2/c23-16(5-4-7-19-17(24)14-6-10-25-12-14)21-18-20-15(13-26-18)11-22-8-2-1-3-9-22/h6,10,12-13H,1-5,7-9,11H2,(H,19,24)(H,20,21,23). The zero-order valence-electron chi connectivity index (χ0n) is 14.7. The van der Waals surface area contributed by atoms with Crippen molar-refractivity contribution in [1.29, 1.82) is 0 Å². The number of nitrogens with one attached hydrogen (secondary N) is 2. The lowest BCUT2D eigenvalue weighted by molar-refractivity contribution is -0.116. The second-order valence-electron chi connectivity index (χ2n) is 6.40. The first-order valence-corrected chi connectivity index (χ1v) is 10.8. The molecule has 0 radical (unpaired) electrons. The molecule has 26 heavy (non-hydrogen) atoms. The Kier molecular flexibility index (Phi) is 7.16. The van der Waals surface area contributed by atoms with E-state index in [0.29, 0.717) is 30.1 Å². The van der Waals surface area contributed by atoms with Crippen molar-refractivity contribution in [2.75, 3.05) is 25.0 Å². The van der Waals surface area contributed by atoms with Gasteiger partial charge in [0.2, 0.25) is 5.91 Å². The van der Waals surface area contributed by atoms with Gasteiger partial charge >= 0.3 is 0 Å². The van der Waals surface area contributed by atoms with Gasteiger partial charge in [0.1, 0.15) is 0 Å². The Balaban J connectivity index is 1.33. The van der Waals surface area contributed by atoms with Crippen molar-refractivity contribution in [3.05, 3.63) is 33.5 Å². The molecule has 3 heterocycles. The molecular weight excluding hydrogens is 368 g/mol. The molecule has 0 spiro atoms. The molecule has 0 unspecified atom stereocenters. The third kappa shape index (κ3) is 5.89. The fourth-order valence-corrected chi connectivity index (χ4v) is 4.27. The molecule has 1 saturated heterocycles. The van der Waals surface area contributed by atoms with E-state index in [4.69, 9.17) is 0 Å². The van der Waals surface area contributed by atoms with E-state index >= 15 is 0 Å². The van der Waals surface area contributed by atoms with Crippen molar-refractivity contribution in [1.82, 2.24) is 15.2 Å². The van der Waals surface area contributed by atoms with Crippen molar-refractivity contribution < 1.29 is 9.59 Å². The Morgan fingerprint density at radius 1 is 1.19 bits per heavy atom. The zero-order chi connectivity index (χ0) is 18.2. The van der Waals surface area contributed by atoms with Gasteiger partial charge in [-0.15, -0.1) is 11.3 Å². The third-order valence-corrected chi connectivity index (χ3v) is 5.77. The molecule has 2 aromatic rings. The Morgan fingerprint density at radius 3 is 2.81 bits per heavy atom. The quantitative estimate of drug-likeness (QED) is 0.676. The van der Waals surface area contributed by atoms with Crippen LogP contribution in [0.15, 0.2) is 22.2 Å². The number of carbonyl (C=O) groups excluding carboxylic acids is 2. The van der Waals surface area contributed by atoms with Gasteiger partial charge in [-0.25, -0.2) is 4.98 Å². The molecule has 8 heteroatoms. The number of rotatable bonds is 8. The van der Waals surface area contributed by atoms with Crippen molar-refractivity contribution in [2.45, 2.75) is 38.6 Å². The third-order valence-electron chi connectivity index (χ3n) is 4.28. The van der Waals surface area contributed by atoms with E-state index in [0.717, 1.165) is 25.3 Å². The molecule has 1 aliphatic rings. The number of hydrogen-bond acceptors (Lipinski definition) is 6. The van der Waals surface area contributed by atoms with Crippen molar-refractivity contribution in [3.63, 3.8) is 0 Å². The molecule has 0 aliphatic carbocycles. The van der Waals surface area contributed by atoms with Gasteiger partial charge in [-0.1, -0.05) is 6.42 Å². The number of piperidine rings is 1. The maximum absolute atomic E-state index is 12.0. The van der Waals surface area contributed by atoms with Crippen LogP contribution in [0.3, 0.4) is 0 Å². The lowest BCUT2D eigenvalue weighted by Crippen LogP contribution is -2.29. The SMILES string of the molecule is O=C(CCCNC(=O)c1ccsc1)Nc1nc(CN2CCCCC2)cs1. The summed E-state index contributed by atoms with van der Waals surface area (Å²) in [6.07, 6.45) is 4.81. The highest BCUT2D eigenvalue weighted by atomic mass is 32.1. The number of aromatic nitrogens is 1. The van der Waals surface area contributed by atoms with Crippen LogP contribution >= 0.6 is 22.7 Å². The predicted molar refractivity (Wildman–Crippen MR) is 106 cm³/mol. The maximum atomic E-state index is 12.0. The van der Waals surface area contributed by atoms with E-state index in [9.17, 15) is 9.59 Å². The summed E-state index contributed by atoms with van der Waals surface area (Å²) in [5, 5.41) is 12.0. The molecule has 2 N–H and O–H groups in total. The van der Waals surface area contributed by atoms with E-state index in [1.165, 1.54) is 41.9 Å². The molecule has 2 aromatic heterocycles. The highest BCUT2D eigenvalue weighted by Crippen LogP contribution is 2.19. The molecule has 0 bridgehead atoms. The largest absolute Gasteiger partial charge is 0.352 e. The van der Waals surface area contributed by atoms with Crippen LogP contribution in [0.1, 0.15) is 48.2 Å². The molecule has 6 nitrogen and oxygen atoms in total. The average molecular weight is 393 g/mol. The first kappa shape index (κ1) is 19.0. The summed E-state index contributed by atoms with van der Waals surface area (Å²) in [5.74, 6) is -0.150. The smallest absolute Gasteiger partial charge is 0.252 e. The van der Waals surface area contributed by atoms with E-state index in [2.05, 4.69) is 20.5 Å². The van der Waals surface area contributed by atoms with Crippen LogP contribution in [0, 0.1) is 0 Å². The van der Waals surface area contributed by atoms with Crippen molar-refractivity contribution >= 4 is 39.6 Å². The van der Waals surface area contributed by atoms with E-state index in [1.54, 1.807) is 6.07 Å². The maximum Gasteiger partial charge on any atom is 0.252 e. The molecule has 0 aromatic carbocycles. The molecule has 3 rings (SSSR count). The first-order valence-electron chi connectivity index (χ1n) is 8.98. The van der Waals surface area contributed by atoms with Gasteiger partial charge in [0.25, 0.3) is 5.91 Å². The van der Waals surface area contributed by atoms with Crippen molar-refractivity contribution in [2.24, 2.45) is 0 Å². The minimum absolute atomic E-state index is 0.0614. The van der Waals surface area contributed by atoms with Gasteiger partial charge in [-0.2, -0.15) is 11.3 Å². The predicted octanol–water partition coefficient (Wildman–Crippen LogP) is 3.34. The van der Waals surface area contributed by atoms with Gasteiger partial charge in [0.05, 0.1) is 5.69 Å². The number of hydrogen-bond donors (Lipinski definition) is 2. The number of amides is 2. The Bertz CT molecular complexity index is 709. The number of likely N-dealkylation sites (tertiary alicyclic amines) is 1. The average Bonchev–Trinajstić information content (AvgIpc) is 3.32. The monoisotopic (exact) mass is 392 g/mol. The lowest BCUT2D eigenvalue weighted by atomic mass is 10.1. The Morgan fingerprint density at radius 2 is 2.04 bits per heavy atom. The van der Waals surface area contributed by atoms with Crippen LogP contribution in [0.25, 0.3) is 0 Å². The van der Waals surface area contributed by atoms with Crippen LogP contribution in [-0.4, -0.2) is 41.3 Å². The summed E-state index contributed by atoms with van der Waals surface area (Å²) in [5.41, 5.74) is 1.69. The van der Waals surface area contributed by atoms with Crippen LogP contribution in [-0.2, 0) is 11.3 Å². The summed E-state index contributed by atoms with van der Waals surface area (Å²) in [6.45, 7) is 3.62. The van der Waals surface area contributed by atoms with Crippen LogP contribution in [0.2, 0.25) is 0 Å². The normalized spacial score (nSPS) is 14.9. The Hall–Kier alpha value is -1.77. The summed E-state index contributed by atoms with van der Waals surface area (Å²) in [4.78, 5) is 30.7. The fourth-order valence-electron chi connectivity index (χ4n) is 2.91. The summed E-state index contributed by atoms with van der Waals surface area (Å²) in [6, 6.07) is 1.79. The molecule has 0 saturated carbocycles. The van der Waals surface area contributed by atoms with Gasteiger partial charge in [0, 0.05) is 35.8 Å².